The van der Waals surface area contributed by atoms with Gasteiger partial charge in [0.15, 0.2) is 6.10 Å². The summed E-state index contributed by atoms with van der Waals surface area (Å²) in [4.78, 5) is 25.4. The van der Waals surface area contributed by atoms with Crippen molar-refractivity contribution in [1.82, 2.24) is 5.32 Å². The number of benzene rings is 1. The van der Waals surface area contributed by atoms with Crippen LogP contribution in [0.15, 0.2) is 23.1 Å². The molecule has 0 spiro atoms. The third-order valence-electron chi connectivity index (χ3n) is 3.98. The fourth-order valence-electron chi connectivity index (χ4n) is 2.63. The van der Waals surface area contributed by atoms with E-state index in [2.05, 4.69) is 5.32 Å². The number of hydrogen-bond acceptors (Lipinski definition) is 5. The number of methoxy groups -OCH3 is 1. The van der Waals surface area contributed by atoms with Crippen molar-refractivity contribution in [1.29, 1.82) is 0 Å². The molecule has 2 rings (SSSR count). The lowest BCUT2D eigenvalue weighted by Gasteiger charge is -2.18. The Morgan fingerprint density at radius 3 is 2.61 bits per heavy atom. The van der Waals surface area contributed by atoms with E-state index in [0.717, 1.165) is 30.6 Å². The molecule has 0 aliphatic heterocycles. The van der Waals surface area contributed by atoms with Gasteiger partial charge in [0, 0.05) is 10.9 Å². The molecule has 1 unspecified atom stereocenters. The maximum atomic E-state index is 12.3. The summed E-state index contributed by atoms with van der Waals surface area (Å²) >= 11 is 1.56. The van der Waals surface area contributed by atoms with Crippen molar-refractivity contribution in [2.75, 3.05) is 13.4 Å². The second-order valence-corrected chi connectivity index (χ2v) is 6.48. The zero-order chi connectivity index (χ0) is 16.8. The lowest BCUT2D eigenvalue weighted by molar-refractivity contribution is -0.129. The van der Waals surface area contributed by atoms with E-state index in [-0.39, 0.29) is 11.9 Å². The van der Waals surface area contributed by atoms with Gasteiger partial charge in [0.05, 0.1) is 7.11 Å². The molecular formula is C17H23NO4S. The van der Waals surface area contributed by atoms with Crippen LogP contribution in [0.25, 0.3) is 0 Å². The third-order valence-corrected chi connectivity index (χ3v) is 4.71. The molecule has 1 aliphatic rings. The van der Waals surface area contributed by atoms with Crippen molar-refractivity contribution < 1.29 is 19.1 Å². The smallest absolute Gasteiger partial charge is 0.342 e. The van der Waals surface area contributed by atoms with Crippen molar-refractivity contribution in [2.45, 2.75) is 49.6 Å². The highest BCUT2D eigenvalue weighted by molar-refractivity contribution is 7.98. The van der Waals surface area contributed by atoms with Gasteiger partial charge in [-0.25, -0.2) is 4.79 Å². The molecule has 0 heterocycles. The summed E-state index contributed by atoms with van der Waals surface area (Å²) in [6.07, 6.45) is 5.39. The van der Waals surface area contributed by atoms with Crippen LogP contribution in [0.1, 0.15) is 43.0 Å². The Morgan fingerprint density at radius 2 is 2.00 bits per heavy atom. The Morgan fingerprint density at radius 1 is 1.30 bits per heavy atom. The highest BCUT2D eigenvalue weighted by Gasteiger charge is 2.24. The Balaban J connectivity index is 1.98. The Kier molecular flexibility index (Phi) is 6.33. The first-order valence-electron chi connectivity index (χ1n) is 7.78. The molecule has 126 valence electrons. The van der Waals surface area contributed by atoms with Crippen molar-refractivity contribution in [2.24, 2.45) is 0 Å². The quantitative estimate of drug-likeness (QED) is 0.638. The molecule has 1 N–H and O–H groups in total. The summed E-state index contributed by atoms with van der Waals surface area (Å²) in [6.45, 7) is 1.59. The molecule has 1 aromatic carbocycles. The molecule has 6 heteroatoms. The van der Waals surface area contributed by atoms with Gasteiger partial charge in [-0.15, -0.1) is 11.8 Å². The molecule has 1 atom stereocenters. The Bertz CT molecular complexity index is 570. The van der Waals surface area contributed by atoms with Crippen molar-refractivity contribution in [3.8, 4) is 5.75 Å². The summed E-state index contributed by atoms with van der Waals surface area (Å²) < 4.78 is 10.5. The van der Waals surface area contributed by atoms with E-state index in [1.54, 1.807) is 30.8 Å². The van der Waals surface area contributed by atoms with E-state index >= 15 is 0 Å². The SMILES string of the molecule is COc1cc(SC)ccc1C(=O)OC(C)C(=O)NC1CCCC1. The third kappa shape index (κ3) is 4.64. The van der Waals surface area contributed by atoms with Crippen LogP contribution in [0.2, 0.25) is 0 Å². The molecule has 1 aromatic rings. The molecule has 1 aliphatic carbocycles. The number of thioether (sulfide) groups is 1. The minimum Gasteiger partial charge on any atom is -0.496 e. The minimum atomic E-state index is -0.826. The van der Waals surface area contributed by atoms with Crippen LogP contribution < -0.4 is 10.1 Å². The monoisotopic (exact) mass is 337 g/mol. The Hall–Kier alpha value is -1.69. The minimum absolute atomic E-state index is 0.207. The Labute approximate surface area is 141 Å². The largest absolute Gasteiger partial charge is 0.496 e. The van der Waals surface area contributed by atoms with Crippen LogP contribution in [0.4, 0.5) is 0 Å². The maximum absolute atomic E-state index is 12.3. The van der Waals surface area contributed by atoms with Crippen LogP contribution in [-0.4, -0.2) is 37.4 Å². The van der Waals surface area contributed by atoms with Gasteiger partial charge in [0.25, 0.3) is 5.91 Å². The number of esters is 1. The average molecular weight is 337 g/mol. The molecule has 1 amide bonds. The van der Waals surface area contributed by atoms with E-state index in [4.69, 9.17) is 9.47 Å². The lowest BCUT2D eigenvalue weighted by atomic mass is 10.2. The number of carbonyl (C=O) groups is 2. The van der Waals surface area contributed by atoms with Gasteiger partial charge in [0.1, 0.15) is 11.3 Å². The zero-order valence-electron chi connectivity index (χ0n) is 13.8. The van der Waals surface area contributed by atoms with Crippen molar-refractivity contribution in [3.05, 3.63) is 23.8 Å². The number of amides is 1. The number of hydrogen-bond donors (Lipinski definition) is 1. The fraction of sp³-hybridized carbons (Fsp3) is 0.529. The van der Waals surface area contributed by atoms with Crippen LogP contribution in [0.5, 0.6) is 5.75 Å². The first-order valence-corrected chi connectivity index (χ1v) is 9.01. The summed E-state index contributed by atoms with van der Waals surface area (Å²) in [5.74, 6) is -0.348. The maximum Gasteiger partial charge on any atom is 0.342 e. The molecular weight excluding hydrogens is 314 g/mol. The van der Waals surface area contributed by atoms with Gasteiger partial charge < -0.3 is 14.8 Å². The molecule has 0 saturated heterocycles. The second kappa shape index (κ2) is 8.24. The number of ether oxygens (including phenoxy) is 2. The van der Waals surface area contributed by atoms with Gasteiger partial charge in [0.2, 0.25) is 0 Å². The second-order valence-electron chi connectivity index (χ2n) is 5.60. The molecule has 0 bridgehead atoms. The van der Waals surface area contributed by atoms with Crippen molar-refractivity contribution in [3.63, 3.8) is 0 Å². The molecule has 1 saturated carbocycles. The first-order chi connectivity index (χ1) is 11.0. The van der Waals surface area contributed by atoms with E-state index in [1.165, 1.54) is 7.11 Å². The molecule has 0 aromatic heterocycles. The number of rotatable bonds is 6. The highest BCUT2D eigenvalue weighted by atomic mass is 32.2. The van der Waals surface area contributed by atoms with Crippen molar-refractivity contribution >= 4 is 23.6 Å². The van der Waals surface area contributed by atoms with E-state index in [9.17, 15) is 9.59 Å². The van der Waals surface area contributed by atoms with Gasteiger partial charge >= 0.3 is 5.97 Å². The number of carbonyl (C=O) groups excluding carboxylic acids is 2. The van der Waals surface area contributed by atoms with E-state index in [1.807, 2.05) is 12.3 Å². The first kappa shape index (κ1) is 17.7. The topological polar surface area (TPSA) is 64.6 Å². The zero-order valence-corrected chi connectivity index (χ0v) is 14.6. The van der Waals surface area contributed by atoms with Crippen LogP contribution in [0.3, 0.4) is 0 Å². The van der Waals surface area contributed by atoms with Gasteiger partial charge in [-0.1, -0.05) is 12.8 Å². The predicted octanol–water partition coefficient (Wildman–Crippen LogP) is 3.02. The summed E-state index contributed by atoms with van der Waals surface area (Å²) in [7, 11) is 1.51. The van der Waals surface area contributed by atoms with Crippen LogP contribution in [-0.2, 0) is 9.53 Å². The fourth-order valence-corrected chi connectivity index (χ4v) is 3.06. The normalized spacial score (nSPS) is 16.0. The predicted molar refractivity (Wildman–Crippen MR) is 90.1 cm³/mol. The molecule has 5 nitrogen and oxygen atoms in total. The molecule has 0 radical (unpaired) electrons. The van der Waals surface area contributed by atoms with Gasteiger partial charge in [-0.3, -0.25) is 4.79 Å². The number of nitrogens with one attached hydrogen (secondary N) is 1. The van der Waals surface area contributed by atoms with Gasteiger partial charge in [-0.05, 0) is 44.2 Å². The average Bonchev–Trinajstić information content (AvgIpc) is 3.06. The lowest BCUT2D eigenvalue weighted by Crippen LogP contribution is -2.40. The molecule has 1 fully saturated rings. The summed E-state index contributed by atoms with van der Waals surface area (Å²) in [5, 5.41) is 2.93. The standard InChI is InChI=1S/C17H23NO4S/c1-11(16(19)18-12-6-4-5-7-12)22-17(20)14-9-8-13(23-3)10-15(14)21-2/h8-12H,4-7H2,1-3H3,(H,18,19). The van der Waals surface area contributed by atoms with E-state index < -0.39 is 12.1 Å². The summed E-state index contributed by atoms with van der Waals surface area (Å²) in [5.41, 5.74) is 0.325. The van der Waals surface area contributed by atoms with E-state index in [0.29, 0.717) is 11.3 Å². The van der Waals surface area contributed by atoms with Crippen LogP contribution >= 0.6 is 11.8 Å². The molecule has 23 heavy (non-hydrogen) atoms. The summed E-state index contributed by atoms with van der Waals surface area (Å²) in [6, 6.07) is 5.48. The highest BCUT2D eigenvalue weighted by Crippen LogP contribution is 2.26. The van der Waals surface area contributed by atoms with Gasteiger partial charge in [-0.2, -0.15) is 0 Å². The van der Waals surface area contributed by atoms with Crippen LogP contribution in [0, 0.1) is 0 Å².